The molecule has 30 heavy (non-hydrogen) atoms. The van der Waals surface area contributed by atoms with Gasteiger partial charge in [0, 0.05) is 25.2 Å². The van der Waals surface area contributed by atoms with Crippen molar-refractivity contribution in [1.82, 2.24) is 16.0 Å². The molecule has 0 saturated heterocycles. The zero-order valence-electron chi connectivity index (χ0n) is 17.6. The number of aliphatic imine (C=N–C) groups is 1. The van der Waals surface area contributed by atoms with Crippen LogP contribution in [0.4, 0.5) is 4.39 Å². The molecule has 0 aliphatic carbocycles. The van der Waals surface area contributed by atoms with Crippen molar-refractivity contribution in [2.75, 3.05) is 33.3 Å². The first-order valence-electron chi connectivity index (χ1n) is 9.89. The van der Waals surface area contributed by atoms with Crippen molar-refractivity contribution in [2.24, 2.45) is 4.99 Å². The molecule has 0 spiro atoms. The summed E-state index contributed by atoms with van der Waals surface area (Å²) in [7, 11) is 1.56. The molecule has 1 unspecified atom stereocenters. The highest BCUT2D eigenvalue weighted by Crippen LogP contribution is 2.17. The molecule has 0 aliphatic heterocycles. The van der Waals surface area contributed by atoms with E-state index in [-0.39, 0.29) is 17.8 Å². The van der Waals surface area contributed by atoms with Gasteiger partial charge >= 0.3 is 0 Å². The quantitative estimate of drug-likeness (QED) is 0.315. The lowest BCUT2D eigenvalue weighted by Crippen LogP contribution is -2.42. The molecule has 0 heterocycles. The fraction of sp³-hybridized carbons (Fsp3) is 0.364. The molecular weight excluding hydrogens is 387 g/mol. The lowest BCUT2D eigenvalue weighted by atomic mass is 10.2. The maximum atomic E-state index is 13.7. The molecule has 2 rings (SSSR count). The van der Waals surface area contributed by atoms with Gasteiger partial charge in [-0.05, 0) is 44.2 Å². The van der Waals surface area contributed by atoms with E-state index in [0.717, 1.165) is 0 Å². The monoisotopic (exact) mass is 416 g/mol. The summed E-state index contributed by atoms with van der Waals surface area (Å²) < 4.78 is 24.4. The van der Waals surface area contributed by atoms with E-state index >= 15 is 0 Å². The average Bonchev–Trinajstić information content (AvgIpc) is 2.76. The molecule has 0 radical (unpaired) electrons. The fourth-order valence-electron chi connectivity index (χ4n) is 2.58. The average molecular weight is 416 g/mol. The van der Waals surface area contributed by atoms with E-state index in [4.69, 9.17) is 9.47 Å². The zero-order chi connectivity index (χ0) is 21.8. The van der Waals surface area contributed by atoms with Crippen LogP contribution in [0.15, 0.2) is 53.5 Å². The molecule has 2 aromatic carbocycles. The van der Waals surface area contributed by atoms with Gasteiger partial charge in [-0.2, -0.15) is 0 Å². The highest BCUT2D eigenvalue weighted by molar-refractivity contribution is 5.94. The van der Waals surface area contributed by atoms with Crippen LogP contribution in [0.5, 0.6) is 11.5 Å². The Hall–Kier alpha value is -3.29. The minimum Gasteiger partial charge on any atom is -0.497 e. The number of hydrogen-bond acceptors (Lipinski definition) is 4. The molecule has 8 heteroatoms. The van der Waals surface area contributed by atoms with Crippen LogP contribution < -0.4 is 25.4 Å². The first-order chi connectivity index (χ1) is 14.5. The van der Waals surface area contributed by atoms with Gasteiger partial charge in [-0.15, -0.1) is 0 Å². The summed E-state index contributed by atoms with van der Waals surface area (Å²) in [5.74, 6) is 0.860. The number of hydrogen-bond donors (Lipinski definition) is 3. The van der Waals surface area contributed by atoms with Gasteiger partial charge in [0.25, 0.3) is 5.91 Å². The van der Waals surface area contributed by atoms with Crippen LogP contribution in [-0.4, -0.2) is 51.3 Å². The Kier molecular flexibility index (Phi) is 9.44. The third-order valence-corrected chi connectivity index (χ3v) is 4.05. The Balaban J connectivity index is 1.78. The Labute approximate surface area is 176 Å². The lowest BCUT2D eigenvalue weighted by molar-refractivity contribution is 0.0954. The van der Waals surface area contributed by atoms with E-state index < -0.39 is 5.82 Å². The van der Waals surface area contributed by atoms with Crippen molar-refractivity contribution in [3.05, 3.63) is 59.9 Å². The van der Waals surface area contributed by atoms with E-state index in [0.29, 0.717) is 43.5 Å². The molecule has 162 valence electrons. The fourth-order valence-corrected chi connectivity index (χ4v) is 2.58. The smallest absolute Gasteiger partial charge is 0.251 e. The first kappa shape index (κ1) is 23.0. The number of nitrogens with one attached hydrogen (secondary N) is 3. The highest BCUT2D eigenvalue weighted by Gasteiger charge is 2.09. The number of para-hydroxylation sites is 1. The minimum absolute atomic E-state index is 0.176. The maximum absolute atomic E-state index is 13.7. The number of benzene rings is 2. The van der Waals surface area contributed by atoms with Gasteiger partial charge in [-0.1, -0.05) is 18.2 Å². The second-order valence-corrected chi connectivity index (χ2v) is 6.49. The van der Waals surface area contributed by atoms with Crippen molar-refractivity contribution in [1.29, 1.82) is 0 Å². The number of nitrogens with zero attached hydrogens (tertiary/aromatic N) is 1. The number of halogens is 1. The van der Waals surface area contributed by atoms with Crippen molar-refractivity contribution >= 4 is 11.9 Å². The summed E-state index contributed by atoms with van der Waals surface area (Å²) in [6.07, 6.45) is -0.301. The van der Waals surface area contributed by atoms with Crippen LogP contribution in [0.3, 0.4) is 0 Å². The Morgan fingerprint density at radius 2 is 1.87 bits per heavy atom. The number of rotatable bonds is 10. The number of carbonyl (C=O) groups excluding carboxylic acids is 1. The van der Waals surface area contributed by atoms with Gasteiger partial charge in [-0.25, -0.2) is 9.38 Å². The summed E-state index contributed by atoms with van der Waals surface area (Å²) in [5, 5.41) is 9.12. The minimum atomic E-state index is -0.398. The molecule has 1 amide bonds. The zero-order valence-corrected chi connectivity index (χ0v) is 17.6. The molecule has 2 aromatic rings. The van der Waals surface area contributed by atoms with E-state index in [1.54, 1.807) is 49.6 Å². The molecule has 3 N–H and O–H groups in total. The summed E-state index contributed by atoms with van der Waals surface area (Å²) in [6, 6.07) is 13.3. The number of guanidine groups is 1. The van der Waals surface area contributed by atoms with E-state index in [1.165, 1.54) is 6.07 Å². The molecular formula is C22H29FN4O3. The van der Waals surface area contributed by atoms with Gasteiger partial charge < -0.3 is 25.4 Å². The predicted octanol–water partition coefficient (Wildman–Crippen LogP) is 2.59. The normalized spacial score (nSPS) is 12.1. The second-order valence-electron chi connectivity index (χ2n) is 6.49. The number of methoxy groups -OCH3 is 1. The van der Waals surface area contributed by atoms with Crippen LogP contribution in [0.25, 0.3) is 0 Å². The third kappa shape index (κ3) is 7.62. The molecule has 0 fully saturated rings. The van der Waals surface area contributed by atoms with E-state index in [9.17, 15) is 9.18 Å². The van der Waals surface area contributed by atoms with Gasteiger partial charge in [0.2, 0.25) is 0 Å². The topological polar surface area (TPSA) is 84.0 Å². The van der Waals surface area contributed by atoms with Crippen LogP contribution in [0.1, 0.15) is 24.2 Å². The summed E-state index contributed by atoms with van der Waals surface area (Å²) in [5.41, 5.74) is 0.536. The van der Waals surface area contributed by atoms with Gasteiger partial charge in [-0.3, -0.25) is 4.79 Å². The third-order valence-electron chi connectivity index (χ3n) is 4.05. The van der Waals surface area contributed by atoms with Crippen molar-refractivity contribution in [3.63, 3.8) is 0 Å². The Morgan fingerprint density at radius 1 is 1.10 bits per heavy atom. The van der Waals surface area contributed by atoms with E-state index in [2.05, 4.69) is 20.9 Å². The molecule has 0 bridgehead atoms. The molecule has 0 aliphatic rings. The largest absolute Gasteiger partial charge is 0.497 e. The summed E-state index contributed by atoms with van der Waals surface area (Å²) >= 11 is 0. The SMILES string of the molecule is CCNC(=NCC(C)Oc1ccccc1F)NCCNC(=O)c1cccc(OC)c1. The van der Waals surface area contributed by atoms with E-state index in [1.807, 2.05) is 13.8 Å². The van der Waals surface area contributed by atoms with Crippen molar-refractivity contribution in [2.45, 2.75) is 20.0 Å². The van der Waals surface area contributed by atoms with Crippen LogP contribution in [0.2, 0.25) is 0 Å². The molecule has 0 aromatic heterocycles. The van der Waals surface area contributed by atoms with Gasteiger partial charge in [0.15, 0.2) is 17.5 Å². The first-order valence-corrected chi connectivity index (χ1v) is 9.89. The summed E-state index contributed by atoms with van der Waals surface area (Å²) in [4.78, 5) is 16.7. The Bertz CT molecular complexity index is 845. The van der Waals surface area contributed by atoms with Crippen molar-refractivity contribution in [3.8, 4) is 11.5 Å². The number of ether oxygens (including phenoxy) is 2. The molecule has 1 atom stereocenters. The van der Waals surface area contributed by atoms with Gasteiger partial charge in [0.1, 0.15) is 11.9 Å². The summed E-state index contributed by atoms with van der Waals surface area (Å²) in [6.45, 7) is 5.73. The van der Waals surface area contributed by atoms with Crippen LogP contribution in [-0.2, 0) is 0 Å². The van der Waals surface area contributed by atoms with Gasteiger partial charge in [0.05, 0.1) is 13.7 Å². The Morgan fingerprint density at radius 3 is 2.60 bits per heavy atom. The highest BCUT2D eigenvalue weighted by atomic mass is 19.1. The van der Waals surface area contributed by atoms with Crippen molar-refractivity contribution < 1.29 is 18.7 Å². The lowest BCUT2D eigenvalue weighted by Gasteiger charge is -2.15. The maximum Gasteiger partial charge on any atom is 0.251 e. The predicted molar refractivity (Wildman–Crippen MR) is 116 cm³/mol. The van der Waals surface area contributed by atoms with Crippen LogP contribution in [0, 0.1) is 5.82 Å². The van der Waals surface area contributed by atoms with Crippen LogP contribution >= 0.6 is 0 Å². The molecule has 0 saturated carbocycles. The second kappa shape index (κ2) is 12.3. The standard InChI is InChI=1S/C22H29FN4O3/c1-4-24-22(27-15-16(2)30-20-11-6-5-10-19(20)23)26-13-12-25-21(28)17-8-7-9-18(14-17)29-3/h5-11,14,16H,4,12-13,15H2,1-3H3,(H,25,28)(H2,24,26,27). The number of amides is 1. The molecule has 7 nitrogen and oxygen atoms in total. The number of carbonyl (C=O) groups is 1.